The van der Waals surface area contributed by atoms with E-state index in [0.29, 0.717) is 11.5 Å². The number of aliphatic imine (C=N–C) groups is 1. The number of H-pyrrole nitrogens is 1. The van der Waals surface area contributed by atoms with E-state index in [-0.39, 0.29) is 5.84 Å². The van der Waals surface area contributed by atoms with Gasteiger partial charge >= 0.3 is 0 Å². The summed E-state index contributed by atoms with van der Waals surface area (Å²) in [7, 11) is 0. The van der Waals surface area contributed by atoms with Crippen LogP contribution in [0.5, 0.6) is 0 Å². The molecule has 0 unspecified atom stereocenters. The summed E-state index contributed by atoms with van der Waals surface area (Å²) in [6.45, 7) is 1.87. The van der Waals surface area contributed by atoms with Crippen LogP contribution in [0.2, 0.25) is 0 Å². The summed E-state index contributed by atoms with van der Waals surface area (Å²) in [6, 6.07) is 0. The fourth-order valence-electron chi connectivity index (χ4n) is 0.736. The fraction of sp³-hybridized carbons (Fsp3) is 0.125. The molecule has 0 saturated heterocycles. The summed E-state index contributed by atoms with van der Waals surface area (Å²) in [6.07, 6.45) is 4.86. The van der Waals surface area contributed by atoms with Crippen molar-refractivity contribution in [2.24, 2.45) is 10.7 Å². The molecule has 74 valence electrons. The zero-order valence-electron chi connectivity index (χ0n) is 7.58. The Morgan fingerprint density at radius 3 is 3.00 bits per heavy atom. The van der Waals surface area contributed by atoms with Crippen molar-refractivity contribution >= 4 is 28.0 Å². The number of amidine groups is 1. The van der Waals surface area contributed by atoms with E-state index in [1.807, 2.05) is 13.0 Å². The van der Waals surface area contributed by atoms with Gasteiger partial charge < -0.3 is 10.7 Å². The van der Waals surface area contributed by atoms with Crippen molar-refractivity contribution < 1.29 is 0 Å². The SMILES string of the molecule is C/C=C(Br)\N=C/c1ncc(C(=N)N)[nH]1. The van der Waals surface area contributed by atoms with Crippen LogP contribution < -0.4 is 5.73 Å². The molecule has 1 aromatic heterocycles. The highest BCUT2D eigenvalue weighted by Gasteiger charge is 1.99. The Bertz CT molecular complexity index is 390. The minimum atomic E-state index is -0.0396. The zero-order chi connectivity index (χ0) is 10.6. The minimum absolute atomic E-state index is 0.0396. The van der Waals surface area contributed by atoms with Gasteiger partial charge in [0.05, 0.1) is 12.4 Å². The lowest BCUT2D eigenvalue weighted by Crippen LogP contribution is -2.11. The highest BCUT2D eigenvalue weighted by Crippen LogP contribution is 2.05. The van der Waals surface area contributed by atoms with E-state index in [4.69, 9.17) is 11.1 Å². The Morgan fingerprint density at radius 2 is 2.50 bits per heavy atom. The summed E-state index contributed by atoms with van der Waals surface area (Å²) in [4.78, 5) is 10.8. The minimum Gasteiger partial charge on any atom is -0.382 e. The number of nitrogen functional groups attached to an aromatic ring is 1. The second-order valence-corrected chi connectivity index (χ2v) is 3.28. The smallest absolute Gasteiger partial charge is 0.149 e. The summed E-state index contributed by atoms with van der Waals surface area (Å²) in [5, 5.41) is 7.14. The maximum absolute atomic E-state index is 7.14. The van der Waals surface area contributed by atoms with Crippen molar-refractivity contribution in [2.75, 3.05) is 0 Å². The molecular formula is C8H10BrN5. The maximum atomic E-state index is 7.14. The molecule has 0 aliphatic carbocycles. The van der Waals surface area contributed by atoms with Gasteiger partial charge in [-0.05, 0) is 22.9 Å². The van der Waals surface area contributed by atoms with E-state index in [0.717, 1.165) is 4.61 Å². The van der Waals surface area contributed by atoms with E-state index in [9.17, 15) is 0 Å². The second kappa shape index (κ2) is 4.71. The number of rotatable bonds is 3. The van der Waals surface area contributed by atoms with Crippen molar-refractivity contribution in [3.8, 4) is 0 Å². The molecule has 0 aromatic carbocycles. The fourth-order valence-corrected chi connectivity index (χ4v) is 0.839. The highest BCUT2D eigenvalue weighted by molar-refractivity contribution is 9.11. The monoisotopic (exact) mass is 255 g/mol. The van der Waals surface area contributed by atoms with Gasteiger partial charge in [0.2, 0.25) is 0 Å². The second-order valence-electron chi connectivity index (χ2n) is 2.47. The lowest BCUT2D eigenvalue weighted by molar-refractivity contribution is 1.25. The number of hydrogen-bond donors (Lipinski definition) is 3. The number of allylic oxidation sites excluding steroid dienone is 1. The van der Waals surface area contributed by atoms with Crippen molar-refractivity contribution in [2.45, 2.75) is 6.92 Å². The van der Waals surface area contributed by atoms with Crippen LogP contribution in [-0.4, -0.2) is 22.0 Å². The van der Waals surface area contributed by atoms with E-state index >= 15 is 0 Å². The van der Waals surface area contributed by atoms with Crippen molar-refractivity contribution in [3.63, 3.8) is 0 Å². The third-order valence-electron chi connectivity index (χ3n) is 1.43. The van der Waals surface area contributed by atoms with Gasteiger partial charge in [0, 0.05) is 0 Å². The van der Waals surface area contributed by atoms with Gasteiger partial charge in [-0.15, -0.1) is 0 Å². The average Bonchev–Trinajstić information content (AvgIpc) is 2.62. The average molecular weight is 256 g/mol. The van der Waals surface area contributed by atoms with Crippen LogP contribution in [0.15, 0.2) is 21.9 Å². The molecule has 0 amide bonds. The molecule has 0 radical (unpaired) electrons. The quantitative estimate of drug-likeness (QED) is 0.433. The first-order chi connectivity index (χ1) is 6.63. The highest BCUT2D eigenvalue weighted by atomic mass is 79.9. The van der Waals surface area contributed by atoms with E-state index in [1.165, 1.54) is 6.20 Å². The van der Waals surface area contributed by atoms with Crippen LogP contribution in [0.4, 0.5) is 0 Å². The molecule has 1 heterocycles. The van der Waals surface area contributed by atoms with Gasteiger partial charge in [-0.3, -0.25) is 5.41 Å². The molecular weight excluding hydrogens is 246 g/mol. The molecule has 0 bridgehead atoms. The van der Waals surface area contributed by atoms with Crippen LogP contribution in [0.25, 0.3) is 0 Å². The third-order valence-corrected chi connectivity index (χ3v) is 2.10. The Kier molecular flexibility index (Phi) is 3.58. The number of hydrogen-bond acceptors (Lipinski definition) is 3. The Morgan fingerprint density at radius 1 is 1.79 bits per heavy atom. The summed E-state index contributed by atoms with van der Waals surface area (Å²) in [5.41, 5.74) is 5.75. The first-order valence-corrected chi connectivity index (χ1v) is 4.68. The molecule has 14 heavy (non-hydrogen) atoms. The number of aromatic amines is 1. The molecule has 0 aliphatic rings. The molecule has 0 saturated carbocycles. The molecule has 6 heteroatoms. The molecule has 1 aromatic rings. The topological polar surface area (TPSA) is 90.9 Å². The molecule has 5 nitrogen and oxygen atoms in total. The van der Waals surface area contributed by atoms with Crippen LogP contribution in [-0.2, 0) is 0 Å². The van der Waals surface area contributed by atoms with Crippen LogP contribution in [0.1, 0.15) is 18.4 Å². The maximum Gasteiger partial charge on any atom is 0.149 e. The first kappa shape index (κ1) is 10.6. The molecule has 0 atom stereocenters. The van der Waals surface area contributed by atoms with Gasteiger partial charge in [-0.25, -0.2) is 9.98 Å². The van der Waals surface area contributed by atoms with Crippen LogP contribution >= 0.6 is 15.9 Å². The van der Waals surface area contributed by atoms with Gasteiger partial charge in [0.15, 0.2) is 0 Å². The lowest BCUT2D eigenvalue weighted by Gasteiger charge is -1.88. The van der Waals surface area contributed by atoms with Crippen molar-refractivity contribution in [1.29, 1.82) is 5.41 Å². The predicted molar refractivity (Wildman–Crippen MR) is 59.9 cm³/mol. The predicted octanol–water partition coefficient (Wildman–Crippen LogP) is 1.37. The number of nitrogens with zero attached hydrogens (tertiary/aromatic N) is 2. The van der Waals surface area contributed by atoms with Crippen LogP contribution in [0.3, 0.4) is 0 Å². The Hall–Kier alpha value is -1.43. The van der Waals surface area contributed by atoms with Crippen molar-refractivity contribution in [3.05, 3.63) is 28.4 Å². The standard InChI is InChI=1S/C8H10BrN5/c1-2-6(9)12-4-7-13-3-5(14-7)8(10)11/h2-4H,1H3,(H3,10,11)(H,13,14)/b6-2-,12-4-. The number of nitrogens with one attached hydrogen (secondary N) is 2. The molecule has 0 spiro atoms. The van der Waals surface area contributed by atoms with E-state index in [2.05, 4.69) is 30.9 Å². The number of imidazole rings is 1. The number of nitrogens with two attached hydrogens (primary N) is 1. The summed E-state index contributed by atoms with van der Waals surface area (Å²) < 4.78 is 0.721. The van der Waals surface area contributed by atoms with Gasteiger partial charge in [0.25, 0.3) is 0 Å². The summed E-state index contributed by atoms with van der Waals surface area (Å²) in [5.74, 6) is 0.524. The van der Waals surface area contributed by atoms with Gasteiger partial charge in [-0.2, -0.15) is 0 Å². The van der Waals surface area contributed by atoms with E-state index < -0.39 is 0 Å². The Labute approximate surface area is 89.8 Å². The Balaban J connectivity index is 2.78. The number of halogens is 1. The zero-order valence-corrected chi connectivity index (χ0v) is 9.17. The van der Waals surface area contributed by atoms with Gasteiger partial charge in [-0.1, -0.05) is 6.08 Å². The lowest BCUT2D eigenvalue weighted by atomic mass is 10.4. The van der Waals surface area contributed by atoms with Gasteiger partial charge in [0.1, 0.15) is 22.0 Å². The molecule has 4 N–H and O–H groups in total. The van der Waals surface area contributed by atoms with Crippen molar-refractivity contribution in [1.82, 2.24) is 9.97 Å². The third kappa shape index (κ3) is 2.81. The normalized spacial score (nSPS) is 12.3. The molecule has 1 rings (SSSR count). The molecule has 0 fully saturated rings. The van der Waals surface area contributed by atoms with Crippen LogP contribution in [0, 0.1) is 5.41 Å². The van der Waals surface area contributed by atoms with E-state index in [1.54, 1.807) is 6.21 Å². The summed E-state index contributed by atoms with van der Waals surface area (Å²) >= 11 is 3.22. The first-order valence-electron chi connectivity index (χ1n) is 3.88. The largest absolute Gasteiger partial charge is 0.382 e. The molecule has 0 aliphatic heterocycles. The number of aromatic nitrogens is 2.